The number of benzene rings is 1. The first-order chi connectivity index (χ1) is 10.9. The van der Waals surface area contributed by atoms with E-state index in [1.807, 2.05) is 54.9 Å². The fourth-order valence-electron chi connectivity index (χ4n) is 2.22. The number of nitrogens with one attached hydrogen (secondary N) is 1. The van der Waals surface area contributed by atoms with Crippen molar-refractivity contribution in [3.63, 3.8) is 0 Å². The number of carbonyl (C=O) groups is 1. The summed E-state index contributed by atoms with van der Waals surface area (Å²) in [7, 11) is 0. The van der Waals surface area contributed by atoms with E-state index in [1.165, 1.54) is 11.3 Å². The molecule has 0 aliphatic carbocycles. The van der Waals surface area contributed by atoms with Gasteiger partial charge in [0.1, 0.15) is 11.4 Å². The minimum Gasteiger partial charge on any atom is -0.481 e. The Morgan fingerprint density at radius 1 is 1.43 bits per heavy atom. The second-order valence-electron chi connectivity index (χ2n) is 5.83. The van der Waals surface area contributed by atoms with Crippen molar-refractivity contribution in [2.75, 3.05) is 6.54 Å². The van der Waals surface area contributed by atoms with Crippen molar-refractivity contribution >= 4 is 17.2 Å². The third-order valence-electron chi connectivity index (χ3n) is 3.68. The first-order valence-electron chi connectivity index (χ1n) is 7.68. The van der Waals surface area contributed by atoms with E-state index in [9.17, 15) is 9.90 Å². The minimum atomic E-state index is -1.09. The average Bonchev–Trinajstić information content (AvgIpc) is 3.06. The van der Waals surface area contributed by atoms with Gasteiger partial charge in [0.05, 0.1) is 6.54 Å². The lowest BCUT2D eigenvalue weighted by Crippen LogP contribution is -2.44. The molecular weight excluding hydrogens is 310 g/mol. The topological polar surface area (TPSA) is 58.6 Å². The highest BCUT2D eigenvalue weighted by Gasteiger charge is 2.26. The molecule has 1 aromatic carbocycles. The highest BCUT2D eigenvalue weighted by atomic mass is 32.1. The third kappa shape index (κ3) is 4.81. The summed E-state index contributed by atoms with van der Waals surface area (Å²) in [6.07, 6.45) is -0.0181. The van der Waals surface area contributed by atoms with Crippen molar-refractivity contribution < 1.29 is 14.6 Å². The molecule has 5 heteroatoms. The van der Waals surface area contributed by atoms with E-state index in [1.54, 1.807) is 6.92 Å². The van der Waals surface area contributed by atoms with Gasteiger partial charge in [0.25, 0.3) is 5.91 Å². The SMILES string of the molecule is CCC(Oc1cccc(C)c1)C(=O)NCC(C)(O)c1ccsc1. The van der Waals surface area contributed by atoms with Gasteiger partial charge >= 0.3 is 0 Å². The molecule has 2 unspecified atom stereocenters. The van der Waals surface area contributed by atoms with Gasteiger partial charge in [0.15, 0.2) is 6.10 Å². The molecule has 1 amide bonds. The quantitative estimate of drug-likeness (QED) is 0.818. The van der Waals surface area contributed by atoms with Crippen LogP contribution in [0.3, 0.4) is 0 Å². The number of carbonyl (C=O) groups excluding carboxylic acids is 1. The Labute approximate surface area is 141 Å². The lowest BCUT2D eigenvalue weighted by molar-refractivity contribution is -0.129. The first kappa shape index (κ1) is 17.5. The van der Waals surface area contributed by atoms with Crippen LogP contribution in [0.4, 0.5) is 0 Å². The maximum atomic E-state index is 12.3. The van der Waals surface area contributed by atoms with Crippen LogP contribution in [0, 0.1) is 6.92 Å². The number of hydrogen-bond acceptors (Lipinski definition) is 4. The molecule has 23 heavy (non-hydrogen) atoms. The lowest BCUT2D eigenvalue weighted by Gasteiger charge is -2.24. The van der Waals surface area contributed by atoms with Crippen molar-refractivity contribution in [1.29, 1.82) is 0 Å². The fraction of sp³-hybridized carbons (Fsp3) is 0.389. The Balaban J connectivity index is 1.95. The van der Waals surface area contributed by atoms with Crippen LogP contribution in [0.25, 0.3) is 0 Å². The number of ether oxygens (including phenoxy) is 1. The highest BCUT2D eigenvalue weighted by molar-refractivity contribution is 7.08. The normalized spacial score (nSPS) is 14.8. The minimum absolute atomic E-state index is 0.149. The van der Waals surface area contributed by atoms with Crippen LogP contribution in [0.1, 0.15) is 31.4 Å². The molecule has 0 saturated heterocycles. The lowest BCUT2D eigenvalue weighted by atomic mass is 9.99. The second-order valence-corrected chi connectivity index (χ2v) is 6.61. The van der Waals surface area contributed by atoms with Crippen molar-refractivity contribution in [3.8, 4) is 5.75 Å². The van der Waals surface area contributed by atoms with Gasteiger partial charge in [0.2, 0.25) is 0 Å². The maximum absolute atomic E-state index is 12.3. The van der Waals surface area contributed by atoms with Crippen molar-refractivity contribution in [2.45, 2.75) is 38.9 Å². The fourth-order valence-corrected chi connectivity index (χ4v) is 3.00. The molecule has 2 aromatic rings. The summed E-state index contributed by atoms with van der Waals surface area (Å²) in [4.78, 5) is 12.3. The summed E-state index contributed by atoms with van der Waals surface area (Å²) in [5.74, 6) is 0.459. The zero-order valence-electron chi connectivity index (χ0n) is 13.7. The van der Waals surface area contributed by atoms with Crippen LogP contribution in [-0.2, 0) is 10.4 Å². The average molecular weight is 333 g/mol. The Bertz CT molecular complexity index is 637. The summed E-state index contributed by atoms with van der Waals surface area (Å²) >= 11 is 1.52. The van der Waals surface area contributed by atoms with Gasteiger partial charge in [-0.15, -0.1) is 0 Å². The van der Waals surface area contributed by atoms with E-state index >= 15 is 0 Å². The van der Waals surface area contributed by atoms with Crippen molar-refractivity contribution in [3.05, 3.63) is 52.2 Å². The van der Waals surface area contributed by atoms with Gasteiger partial charge in [-0.1, -0.05) is 19.1 Å². The van der Waals surface area contributed by atoms with Crippen LogP contribution < -0.4 is 10.1 Å². The Kier molecular flexibility index (Phi) is 5.80. The molecule has 1 aromatic heterocycles. The van der Waals surface area contributed by atoms with Gasteiger partial charge in [-0.25, -0.2) is 0 Å². The van der Waals surface area contributed by atoms with Crippen LogP contribution in [0.15, 0.2) is 41.1 Å². The largest absolute Gasteiger partial charge is 0.481 e. The molecule has 0 aliphatic rings. The molecule has 0 bridgehead atoms. The van der Waals surface area contributed by atoms with Crippen LogP contribution in [0.5, 0.6) is 5.75 Å². The molecule has 2 atom stereocenters. The predicted octanol–water partition coefficient (Wildman–Crippen LogP) is 3.24. The Morgan fingerprint density at radius 3 is 2.83 bits per heavy atom. The van der Waals surface area contributed by atoms with Crippen molar-refractivity contribution in [1.82, 2.24) is 5.32 Å². The molecule has 0 radical (unpaired) electrons. The summed E-state index contributed by atoms with van der Waals surface area (Å²) in [6.45, 7) is 5.72. The van der Waals surface area contributed by atoms with Crippen LogP contribution >= 0.6 is 11.3 Å². The predicted molar refractivity (Wildman–Crippen MR) is 92.8 cm³/mol. The molecule has 4 nitrogen and oxygen atoms in total. The first-order valence-corrected chi connectivity index (χ1v) is 8.62. The highest BCUT2D eigenvalue weighted by Crippen LogP contribution is 2.22. The number of aryl methyl sites for hydroxylation is 1. The molecule has 1 heterocycles. The smallest absolute Gasteiger partial charge is 0.261 e. The molecular formula is C18H23NO3S. The molecule has 0 aliphatic heterocycles. The molecule has 2 rings (SSSR count). The van der Waals surface area contributed by atoms with E-state index in [-0.39, 0.29) is 12.5 Å². The number of aliphatic hydroxyl groups is 1. The van der Waals surface area contributed by atoms with Crippen LogP contribution in [0.2, 0.25) is 0 Å². The zero-order valence-corrected chi connectivity index (χ0v) is 14.5. The molecule has 2 N–H and O–H groups in total. The monoisotopic (exact) mass is 333 g/mol. The number of rotatable bonds is 7. The van der Waals surface area contributed by atoms with E-state index < -0.39 is 11.7 Å². The number of amides is 1. The van der Waals surface area contributed by atoms with Gasteiger partial charge in [-0.2, -0.15) is 11.3 Å². The van der Waals surface area contributed by atoms with E-state index in [2.05, 4.69) is 5.32 Å². The molecule has 0 fully saturated rings. The van der Waals surface area contributed by atoms with Gasteiger partial charge in [-0.05, 0) is 60.4 Å². The Morgan fingerprint density at radius 2 is 2.22 bits per heavy atom. The van der Waals surface area contributed by atoms with Gasteiger partial charge in [-0.3, -0.25) is 4.79 Å². The zero-order chi connectivity index (χ0) is 16.9. The second kappa shape index (κ2) is 7.62. The number of hydrogen-bond donors (Lipinski definition) is 2. The summed E-state index contributed by atoms with van der Waals surface area (Å²) in [5.41, 5.74) is 0.797. The van der Waals surface area contributed by atoms with E-state index in [4.69, 9.17) is 4.74 Å². The maximum Gasteiger partial charge on any atom is 0.261 e. The van der Waals surface area contributed by atoms with Crippen molar-refractivity contribution in [2.24, 2.45) is 0 Å². The standard InChI is InChI=1S/C18H23NO3S/c1-4-16(22-15-7-5-6-13(2)10-15)17(20)19-12-18(3,21)14-8-9-23-11-14/h5-11,16,21H,4,12H2,1-3H3,(H,19,20). The summed E-state index contributed by atoms with van der Waals surface area (Å²) in [6, 6.07) is 9.47. The third-order valence-corrected chi connectivity index (χ3v) is 4.36. The molecule has 0 spiro atoms. The summed E-state index contributed by atoms with van der Waals surface area (Å²) < 4.78 is 5.77. The van der Waals surface area contributed by atoms with Gasteiger partial charge in [0, 0.05) is 0 Å². The molecule has 0 saturated carbocycles. The molecule has 124 valence electrons. The van der Waals surface area contributed by atoms with E-state index in [0.717, 1.165) is 11.1 Å². The van der Waals surface area contributed by atoms with E-state index in [0.29, 0.717) is 12.2 Å². The Hall–Kier alpha value is -1.85. The van der Waals surface area contributed by atoms with Gasteiger partial charge < -0.3 is 15.2 Å². The van der Waals surface area contributed by atoms with Crippen LogP contribution in [-0.4, -0.2) is 23.7 Å². The summed E-state index contributed by atoms with van der Waals surface area (Å²) in [5, 5.41) is 17.0. The number of thiophene rings is 1.